The molecule has 0 unspecified atom stereocenters. The maximum atomic E-state index is 11.8. The molecule has 1 aliphatic rings. The van der Waals surface area contributed by atoms with Crippen molar-refractivity contribution < 1.29 is 5.11 Å². The molecule has 1 aliphatic heterocycles. The van der Waals surface area contributed by atoms with Crippen LogP contribution in [0.4, 0.5) is 0 Å². The van der Waals surface area contributed by atoms with Gasteiger partial charge in [-0.3, -0.25) is 0 Å². The Kier molecular flexibility index (Phi) is 5.08. The van der Waals surface area contributed by atoms with E-state index in [1.54, 1.807) is 11.8 Å². The first-order chi connectivity index (χ1) is 16.8. The molecule has 0 radical (unpaired) electrons. The molecule has 164 valence electrons. The number of nitrogens with zero attached hydrogens (tertiary/aromatic N) is 2. The summed E-state index contributed by atoms with van der Waals surface area (Å²) in [6, 6.07) is 40.8. The topological polar surface area (TPSA) is 38.1 Å². The summed E-state index contributed by atoms with van der Waals surface area (Å²) in [6.07, 6.45) is 0. The predicted molar refractivity (Wildman–Crippen MR) is 140 cm³/mol. The van der Waals surface area contributed by atoms with Crippen molar-refractivity contribution in [3.63, 3.8) is 0 Å². The summed E-state index contributed by atoms with van der Waals surface area (Å²) in [4.78, 5) is 0. The van der Waals surface area contributed by atoms with Crippen molar-refractivity contribution in [3.05, 3.63) is 149 Å². The lowest BCUT2D eigenvalue weighted by molar-refractivity contribution is 0.465. The summed E-state index contributed by atoms with van der Waals surface area (Å²) < 4.78 is 1.27. The highest BCUT2D eigenvalue weighted by atomic mass is 32.2. The molecular formula is C30H22N2OS. The summed E-state index contributed by atoms with van der Waals surface area (Å²) >= 11 is 1.70. The van der Waals surface area contributed by atoms with Crippen LogP contribution in [0.2, 0.25) is 0 Å². The standard InChI is InChI=1S/C30H22N2OS/c33-28-27(23-15-7-2-8-16-23)31-32-26(22-13-5-1-6-14-22)21-34-30(29(28)32,24-17-9-3-10-18-24)25-19-11-4-12-20-25/h1-21,33H. The molecule has 0 atom stereocenters. The first kappa shape index (κ1) is 20.6. The van der Waals surface area contributed by atoms with Gasteiger partial charge >= 0.3 is 0 Å². The molecule has 0 amide bonds. The second kappa shape index (κ2) is 8.40. The summed E-state index contributed by atoms with van der Waals surface area (Å²) in [5.41, 5.74) is 6.39. The van der Waals surface area contributed by atoms with Crippen molar-refractivity contribution in [2.45, 2.75) is 4.75 Å². The molecule has 0 fully saturated rings. The number of hydrogen-bond donors (Lipinski definition) is 1. The highest BCUT2D eigenvalue weighted by Crippen LogP contribution is 2.57. The van der Waals surface area contributed by atoms with Crippen molar-refractivity contribution in [2.75, 3.05) is 0 Å². The molecule has 5 aromatic rings. The van der Waals surface area contributed by atoms with E-state index in [4.69, 9.17) is 5.10 Å². The van der Waals surface area contributed by atoms with E-state index in [0.717, 1.165) is 33.6 Å². The highest BCUT2D eigenvalue weighted by Gasteiger charge is 2.46. The summed E-state index contributed by atoms with van der Waals surface area (Å²) in [5, 5.41) is 19.0. The molecule has 0 saturated heterocycles. The van der Waals surface area contributed by atoms with Crippen molar-refractivity contribution in [3.8, 4) is 17.0 Å². The van der Waals surface area contributed by atoms with Crippen LogP contribution in [0.1, 0.15) is 22.4 Å². The largest absolute Gasteiger partial charge is 0.504 e. The van der Waals surface area contributed by atoms with Gasteiger partial charge in [-0.2, -0.15) is 5.10 Å². The molecule has 6 rings (SSSR count). The molecule has 1 aromatic heterocycles. The Balaban J connectivity index is 1.70. The fourth-order valence-electron chi connectivity index (χ4n) is 4.66. The van der Waals surface area contributed by atoms with Gasteiger partial charge < -0.3 is 5.11 Å². The van der Waals surface area contributed by atoms with Gasteiger partial charge in [-0.25, -0.2) is 4.68 Å². The van der Waals surface area contributed by atoms with E-state index in [1.165, 1.54) is 0 Å². The zero-order chi connectivity index (χ0) is 23.0. The Morgan fingerprint density at radius 1 is 0.618 bits per heavy atom. The number of hydrogen-bond acceptors (Lipinski definition) is 3. The quantitative estimate of drug-likeness (QED) is 0.311. The lowest BCUT2D eigenvalue weighted by Crippen LogP contribution is -2.31. The van der Waals surface area contributed by atoms with Crippen LogP contribution in [0.5, 0.6) is 5.75 Å². The fraction of sp³-hybridized carbons (Fsp3) is 0.0333. The zero-order valence-electron chi connectivity index (χ0n) is 18.4. The number of benzene rings is 4. The molecule has 4 heteroatoms. The van der Waals surface area contributed by atoms with E-state index in [2.05, 4.69) is 41.8 Å². The van der Waals surface area contributed by atoms with Gasteiger partial charge in [0.1, 0.15) is 16.1 Å². The average molecular weight is 459 g/mol. The molecule has 2 heterocycles. The smallest absolute Gasteiger partial charge is 0.167 e. The fourth-order valence-corrected chi connectivity index (χ4v) is 6.03. The first-order valence-corrected chi connectivity index (χ1v) is 12.1. The Labute approximate surface area is 203 Å². The van der Waals surface area contributed by atoms with Crippen LogP contribution in [0, 0.1) is 0 Å². The third kappa shape index (κ3) is 3.18. The normalized spacial score (nSPS) is 14.3. The van der Waals surface area contributed by atoms with Gasteiger partial charge in [-0.1, -0.05) is 121 Å². The SMILES string of the molecule is Oc1c(-c2ccccc2)nn2c1C(c1ccccc1)(c1ccccc1)SC=C2c1ccccc1. The second-order valence-electron chi connectivity index (χ2n) is 8.22. The van der Waals surface area contributed by atoms with Gasteiger partial charge in [0.2, 0.25) is 0 Å². The van der Waals surface area contributed by atoms with Crippen molar-refractivity contribution >= 4 is 17.5 Å². The molecule has 34 heavy (non-hydrogen) atoms. The molecule has 0 bridgehead atoms. The Hall–Kier alpha value is -4.02. The van der Waals surface area contributed by atoms with Gasteiger partial charge in [0, 0.05) is 11.1 Å². The molecular weight excluding hydrogens is 436 g/mol. The molecule has 0 aliphatic carbocycles. The minimum Gasteiger partial charge on any atom is -0.504 e. The number of thioether (sulfide) groups is 1. The van der Waals surface area contributed by atoms with Crippen LogP contribution in [0.3, 0.4) is 0 Å². The van der Waals surface area contributed by atoms with Crippen LogP contribution in [-0.4, -0.2) is 14.9 Å². The van der Waals surface area contributed by atoms with Crippen molar-refractivity contribution in [1.29, 1.82) is 0 Å². The van der Waals surface area contributed by atoms with Crippen LogP contribution in [-0.2, 0) is 4.75 Å². The zero-order valence-corrected chi connectivity index (χ0v) is 19.2. The summed E-state index contributed by atoms with van der Waals surface area (Å²) in [5.74, 6) is 0.202. The number of rotatable bonds is 4. The van der Waals surface area contributed by atoms with Gasteiger partial charge in [0.15, 0.2) is 5.75 Å². The summed E-state index contributed by atoms with van der Waals surface area (Å²) in [7, 11) is 0. The van der Waals surface area contributed by atoms with E-state index in [1.807, 2.05) is 89.6 Å². The Morgan fingerprint density at radius 2 is 1.09 bits per heavy atom. The number of fused-ring (bicyclic) bond motifs is 1. The van der Waals surface area contributed by atoms with Crippen LogP contribution < -0.4 is 0 Å². The number of aromatic nitrogens is 2. The van der Waals surface area contributed by atoms with E-state index < -0.39 is 4.75 Å². The molecule has 3 nitrogen and oxygen atoms in total. The molecule has 4 aromatic carbocycles. The lowest BCUT2D eigenvalue weighted by Gasteiger charge is -2.37. The van der Waals surface area contributed by atoms with Crippen LogP contribution in [0.15, 0.2) is 127 Å². The molecule has 0 spiro atoms. The monoisotopic (exact) mass is 458 g/mol. The third-order valence-electron chi connectivity index (χ3n) is 6.25. The predicted octanol–water partition coefficient (Wildman–Crippen LogP) is 7.14. The van der Waals surface area contributed by atoms with Gasteiger partial charge in [0.25, 0.3) is 0 Å². The van der Waals surface area contributed by atoms with E-state index in [-0.39, 0.29) is 5.75 Å². The molecule has 0 saturated carbocycles. The first-order valence-electron chi connectivity index (χ1n) is 11.2. The van der Waals surface area contributed by atoms with Crippen molar-refractivity contribution in [1.82, 2.24) is 9.78 Å². The lowest BCUT2D eigenvalue weighted by atomic mass is 9.86. The Morgan fingerprint density at radius 3 is 1.62 bits per heavy atom. The minimum atomic E-state index is -0.662. The van der Waals surface area contributed by atoms with E-state index in [0.29, 0.717) is 5.69 Å². The van der Waals surface area contributed by atoms with E-state index >= 15 is 0 Å². The Bertz CT molecular complexity index is 1420. The van der Waals surface area contributed by atoms with Crippen molar-refractivity contribution in [2.24, 2.45) is 0 Å². The number of aromatic hydroxyl groups is 1. The van der Waals surface area contributed by atoms with Gasteiger partial charge in [0.05, 0.1) is 5.70 Å². The maximum absolute atomic E-state index is 11.8. The van der Waals surface area contributed by atoms with Crippen LogP contribution in [0.25, 0.3) is 17.0 Å². The molecule has 1 N–H and O–H groups in total. The maximum Gasteiger partial charge on any atom is 0.167 e. The van der Waals surface area contributed by atoms with Crippen LogP contribution >= 0.6 is 11.8 Å². The minimum absolute atomic E-state index is 0.202. The second-order valence-corrected chi connectivity index (χ2v) is 9.31. The van der Waals surface area contributed by atoms with E-state index in [9.17, 15) is 5.11 Å². The summed E-state index contributed by atoms with van der Waals surface area (Å²) in [6.45, 7) is 0. The van der Waals surface area contributed by atoms with Gasteiger partial charge in [-0.15, -0.1) is 11.8 Å². The highest BCUT2D eigenvalue weighted by molar-refractivity contribution is 8.03. The van der Waals surface area contributed by atoms with Gasteiger partial charge in [-0.05, 0) is 16.5 Å². The third-order valence-corrected chi connectivity index (χ3v) is 7.61. The average Bonchev–Trinajstić information content (AvgIpc) is 3.28.